The molecule has 48 heavy (non-hydrogen) atoms. The van der Waals surface area contributed by atoms with E-state index in [1.54, 1.807) is 0 Å². The fourth-order valence-corrected chi connectivity index (χ4v) is 6.71. The van der Waals surface area contributed by atoms with Gasteiger partial charge in [-0.25, -0.2) is 0 Å². The zero-order valence-corrected chi connectivity index (χ0v) is 31.6. The molecule has 0 aromatic heterocycles. The highest BCUT2D eigenvalue weighted by Gasteiger charge is 2.52. The molecule has 7 atom stereocenters. The van der Waals surface area contributed by atoms with Crippen LogP contribution in [-0.4, -0.2) is 82.8 Å². The fraction of sp³-hybridized carbons (Fsp3) is 0.975. The number of rotatable bonds is 33. The van der Waals surface area contributed by atoms with Crippen LogP contribution in [0.5, 0.6) is 0 Å². The number of aliphatic hydroxyl groups is 4. The van der Waals surface area contributed by atoms with Gasteiger partial charge in [0.2, 0.25) is 0 Å². The fourth-order valence-electron chi connectivity index (χ4n) is 6.71. The van der Waals surface area contributed by atoms with Crippen LogP contribution in [-0.2, 0) is 19.0 Å². The van der Waals surface area contributed by atoms with Crippen molar-refractivity contribution >= 4 is 5.97 Å². The van der Waals surface area contributed by atoms with E-state index in [4.69, 9.17) is 14.2 Å². The second-order valence-corrected chi connectivity index (χ2v) is 15.3. The van der Waals surface area contributed by atoms with Crippen LogP contribution in [0.1, 0.15) is 182 Å². The summed E-state index contributed by atoms with van der Waals surface area (Å²) in [5, 5.41) is 41.3. The summed E-state index contributed by atoms with van der Waals surface area (Å²) in [7, 11) is 0. The number of unbranched alkanes of at least 4 members (excludes halogenated alkanes) is 17. The molecule has 8 nitrogen and oxygen atoms in total. The molecule has 8 heteroatoms. The normalized spacial score (nSPS) is 22.4. The first-order valence-electron chi connectivity index (χ1n) is 20.3. The topological polar surface area (TPSA) is 126 Å². The molecule has 0 radical (unpaired) electrons. The lowest BCUT2D eigenvalue weighted by Gasteiger charge is -2.24. The molecular formula is C40H78O8. The third-order valence-corrected chi connectivity index (χ3v) is 9.95. The molecule has 1 rings (SSSR count). The Bertz CT molecular complexity index is 734. The molecule has 0 amide bonds. The van der Waals surface area contributed by atoms with Crippen LogP contribution >= 0.6 is 0 Å². The highest BCUT2D eigenvalue weighted by Crippen LogP contribution is 2.28. The predicted molar refractivity (Wildman–Crippen MR) is 195 cm³/mol. The molecule has 1 aliphatic carbocycles. The van der Waals surface area contributed by atoms with Gasteiger partial charge in [0.25, 0.3) is 0 Å². The lowest BCUT2D eigenvalue weighted by molar-refractivity contribution is -0.168. The van der Waals surface area contributed by atoms with Crippen LogP contribution in [0, 0.1) is 11.8 Å². The van der Waals surface area contributed by atoms with Crippen LogP contribution in [0.4, 0.5) is 0 Å². The van der Waals surface area contributed by atoms with E-state index < -0.39 is 42.6 Å². The van der Waals surface area contributed by atoms with E-state index in [2.05, 4.69) is 27.7 Å². The Morgan fingerprint density at radius 1 is 0.583 bits per heavy atom. The van der Waals surface area contributed by atoms with E-state index in [1.165, 1.54) is 116 Å². The zero-order valence-electron chi connectivity index (χ0n) is 31.6. The SMILES string of the molecule is CCCCCCC(C)CCCCCCCCCOCC(O)CO[C@@H]1[C@@H](O)[C@H](O)[C@@H](O)[C@@H]1OC(=O)CCCCCCCCCCCC(C)C. The Labute approximate surface area is 295 Å². The van der Waals surface area contributed by atoms with Crippen molar-refractivity contribution < 1.29 is 39.4 Å². The van der Waals surface area contributed by atoms with Gasteiger partial charge in [0.15, 0.2) is 6.10 Å². The minimum absolute atomic E-state index is 0.0904. The molecular weight excluding hydrogens is 608 g/mol. The zero-order chi connectivity index (χ0) is 35.4. The Morgan fingerprint density at radius 2 is 1.06 bits per heavy atom. The van der Waals surface area contributed by atoms with E-state index in [-0.39, 0.29) is 19.6 Å². The molecule has 0 bridgehead atoms. The van der Waals surface area contributed by atoms with E-state index >= 15 is 0 Å². The molecule has 4 N–H and O–H groups in total. The Hall–Kier alpha value is -0.770. The van der Waals surface area contributed by atoms with Crippen molar-refractivity contribution in [2.24, 2.45) is 11.8 Å². The maximum absolute atomic E-state index is 12.5. The van der Waals surface area contributed by atoms with Crippen molar-refractivity contribution in [3.05, 3.63) is 0 Å². The van der Waals surface area contributed by atoms with Crippen LogP contribution < -0.4 is 0 Å². The van der Waals surface area contributed by atoms with Crippen molar-refractivity contribution in [2.45, 2.75) is 218 Å². The number of aliphatic hydroxyl groups excluding tert-OH is 4. The second kappa shape index (κ2) is 29.9. The van der Waals surface area contributed by atoms with Gasteiger partial charge in [0.05, 0.1) is 13.2 Å². The van der Waals surface area contributed by atoms with Crippen molar-refractivity contribution in [2.75, 3.05) is 19.8 Å². The molecule has 0 spiro atoms. The minimum atomic E-state index is -1.49. The molecule has 1 aliphatic rings. The van der Waals surface area contributed by atoms with Crippen molar-refractivity contribution in [1.29, 1.82) is 0 Å². The predicted octanol–water partition coefficient (Wildman–Crippen LogP) is 8.43. The Kier molecular flexibility index (Phi) is 28.2. The molecule has 286 valence electrons. The van der Waals surface area contributed by atoms with E-state index in [1.807, 2.05) is 0 Å². The first-order valence-corrected chi connectivity index (χ1v) is 20.3. The molecule has 1 saturated carbocycles. The van der Waals surface area contributed by atoms with Gasteiger partial charge in [-0.1, -0.05) is 163 Å². The first-order chi connectivity index (χ1) is 23.2. The van der Waals surface area contributed by atoms with Gasteiger partial charge >= 0.3 is 5.97 Å². The molecule has 0 aromatic rings. The van der Waals surface area contributed by atoms with Crippen molar-refractivity contribution in [3.8, 4) is 0 Å². The number of ether oxygens (including phenoxy) is 3. The Balaban J connectivity index is 2.10. The summed E-state index contributed by atoms with van der Waals surface area (Å²) in [6.07, 6.45) is 20.9. The number of carbonyl (C=O) groups excluding carboxylic acids is 1. The van der Waals surface area contributed by atoms with Crippen LogP contribution in [0.3, 0.4) is 0 Å². The smallest absolute Gasteiger partial charge is 0.306 e. The van der Waals surface area contributed by atoms with Gasteiger partial charge in [-0.3, -0.25) is 4.79 Å². The van der Waals surface area contributed by atoms with Crippen molar-refractivity contribution in [3.63, 3.8) is 0 Å². The largest absolute Gasteiger partial charge is 0.457 e. The summed E-state index contributed by atoms with van der Waals surface area (Å²) >= 11 is 0. The lowest BCUT2D eigenvalue weighted by atomic mass is 9.96. The maximum atomic E-state index is 12.5. The molecule has 1 fully saturated rings. The van der Waals surface area contributed by atoms with E-state index in [0.29, 0.717) is 13.0 Å². The third kappa shape index (κ3) is 22.8. The number of carbonyl (C=O) groups is 1. The standard InChI is InChI=1S/C40H78O8/c1-5-6-7-21-26-33(4)27-22-17-13-11-15-19-24-29-46-30-34(41)31-47-39-37(44)36(43)38(45)40(39)48-35(42)28-23-18-14-10-8-9-12-16-20-25-32(2)3/h32-34,36-41,43-45H,5-31H2,1-4H3/t33?,34?,36-,37-,38+,39+,40-/m0/s1. The number of hydrogen-bond acceptors (Lipinski definition) is 8. The summed E-state index contributed by atoms with van der Waals surface area (Å²) in [5.41, 5.74) is 0. The lowest BCUT2D eigenvalue weighted by Crippen LogP contribution is -2.41. The van der Waals surface area contributed by atoms with Gasteiger partial charge in [0.1, 0.15) is 30.5 Å². The third-order valence-electron chi connectivity index (χ3n) is 9.95. The van der Waals surface area contributed by atoms with Crippen LogP contribution in [0.25, 0.3) is 0 Å². The highest BCUT2D eigenvalue weighted by molar-refractivity contribution is 5.69. The van der Waals surface area contributed by atoms with Crippen LogP contribution in [0.15, 0.2) is 0 Å². The monoisotopic (exact) mass is 687 g/mol. The van der Waals surface area contributed by atoms with Gasteiger partial charge in [-0.05, 0) is 24.7 Å². The van der Waals surface area contributed by atoms with Crippen molar-refractivity contribution in [1.82, 2.24) is 0 Å². The molecule has 0 heterocycles. The summed E-state index contributed by atoms with van der Waals surface area (Å²) in [4.78, 5) is 12.5. The van der Waals surface area contributed by atoms with Gasteiger partial charge in [0, 0.05) is 13.0 Å². The molecule has 0 aliphatic heterocycles. The summed E-state index contributed by atoms with van der Waals surface area (Å²) in [5.74, 6) is 1.17. The average molecular weight is 687 g/mol. The second-order valence-electron chi connectivity index (χ2n) is 15.3. The first kappa shape index (κ1) is 45.3. The highest BCUT2D eigenvalue weighted by atomic mass is 16.6. The molecule has 0 saturated heterocycles. The summed E-state index contributed by atoms with van der Waals surface area (Å²) in [6, 6.07) is 0. The maximum Gasteiger partial charge on any atom is 0.306 e. The van der Waals surface area contributed by atoms with Gasteiger partial charge in [-0.2, -0.15) is 0 Å². The summed E-state index contributed by atoms with van der Waals surface area (Å²) in [6.45, 7) is 9.70. The van der Waals surface area contributed by atoms with Gasteiger partial charge in [-0.15, -0.1) is 0 Å². The van der Waals surface area contributed by atoms with Gasteiger partial charge < -0.3 is 34.6 Å². The molecule has 0 aromatic carbocycles. The average Bonchev–Trinajstić information content (AvgIpc) is 3.25. The number of hydrogen-bond donors (Lipinski definition) is 4. The Morgan fingerprint density at radius 3 is 1.62 bits per heavy atom. The quantitative estimate of drug-likeness (QED) is 0.0401. The number of esters is 1. The molecule has 2 unspecified atom stereocenters. The van der Waals surface area contributed by atoms with Crippen LogP contribution in [0.2, 0.25) is 0 Å². The van der Waals surface area contributed by atoms with E-state index in [0.717, 1.165) is 37.5 Å². The summed E-state index contributed by atoms with van der Waals surface area (Å²) < 4.78 is 16.7. The van der Waals surface area contributed by atoms with E-state index in [9.17, 15) is 25.2 Å². The minimum Gasteiger partial charge on any atom is -0.457 e.